The van der Waals surface area contributed by atoms with Gasteiger partial charge in [0.25, 0.3) is 0 Å². The van der Waals surface area contributed by atoms with Crippen molar-refractivity contribution in [3.8, 4) is 0 Å². The van der Waals surface area contributed by atoms with Crippen LogP contribution in [0.3, 0.4) is 0 Å². The molecular formula is C11H22N2. The molecular weight excluding hydrogens is 160 g/mol. The first-order valence-electron chi connectivity index (χ1n) is 5.82. The van der Waals surface area contributed by atoms with Crippen molar-refractivity contribution in [2.75, 3.05) is 19.6 Å². The van der Waals surface area contributed by atoms with Gasteiger partial charge in [-0.2, -0.15) is 0 Å². The maximum absolute atomic E-state index is 3.57. The van der Waals surface area contributed by atoms with E-state index < -0.39 is 0 Å². The molecule has 0 amide bonds. The van der Waals surface area contributed by atoms with Crippen molar-refractivity contribution in [1.82, 2.24) is 10.2 Å². The Kier molecular flexibility index (Phi) is 2.89. The summed E-state index contributed by atoms with van der Waals surface area (Å²) >= 11 is 0. The molecule has 76 valence electrons. The molecule has 2 aliphatic rings. The van der Waals surface area contributed by atoms with Gasteiger partial charge in [0.15, 0.2) is 0 Å². The zero-order valence-corrected chi connectivity index (χ0v) is 8.92. The second kappa shape index (κ2) is 3.97. The minimum Gasteiger partial charge on any atom is -0.311 e. The average Bonchev–Trinajstić information content (AvgIpc) is 2.97. The second-order valence-electron chi connectivity index (χ2n) is 4.53. The predicted molar refractivity (Wildman–Crippen MR) is 55.8 cm³/mol. The Hall–Kier alpha value is -0.0800. The van der Waals surface area contributed by atoms with Crippen molar-refractivity contribution in [3.63, 3.8) is 0 Å². The van der Waals surface area contributed by atoms with E-state index in [1.54, 1.807) is 0 Å². The van der Waals surface area contributed by atoms with Crippen LogP contribution in [-0.4, -0.2) is 36.6 Å². The monoisotopic (exact) mass is 182 g/mol. The molecule has 1 N–H and O–H groups in total. The van der Waals surface area contributed by atoms with E-state index in [-0.39, 0.29) is 0 Å². The van der Waals surface area contributed by atoms with Gasteiger partial charge >= 0.3 is 0 Å². The summed E-state index contributed by atoms with van der Waals surface area (Å²) in [6.45, 7) is 8.37. The van der Waals surface area contributed by atoms with Crippen molar-refractivity contribution in [2.24, 2.45) is 5.92 Å². The first kappa shape index (κ1) is 9.47. The van der Waals surface area contributed by atoms with Gasteiger partial charge in [-0.05, 0) is 18.8 Å². The third-order valence-electron chi connectivity index (χ3n) is 3.66. The Morgan fingerprint density at radius 1 is 1.31 bits per heavy atom. The molecule has 1 aliphatic carbocycles. The molecule has 0 aromatic rings. The molecule has 2 rings (SSSR count). The first-order chi connectivity index (χ1) is 6.35. The predicted octanol–water partition coefficient (Wildman–Crippen LogP) is 1.47. The van der Waals surface area contributed by atoms with Crippen LogP contribution in [0.2, 0.25) is 0 Å². The molecule has 1 aliphatic heterocycles. The molecule has 1 heterocycles. The van der Waals surface area contributed by atoms with Gasteiger partial charge in [-0.15, -0.1) is 0 Å². The maximum Gasteiger partial charge on any atom is 0.0193 e. The van der Waals surface area contributed by atoms with Crippen LogP contribution >= 0.6 is 0 Å². The van der Waals surface area contributed by atoms with Crippen molar-refractivity contribution < 1.29 is 0 Å². The van der Waals surface area contributed by atoms with E-state index in [9.17, 15) is 0 Å². The fourth-order valence-corrected chi connectivity index (χ4v) is 2.54. The van der Waals surface area contributed by atoms with Gasteiger partial charge in [0.05, 0.1) is 0 Å². The van der Waals surface area contributed by atoms with Gasteiger partial charge < -0.3 is 5.32 Å². The van der Waals surface area contributed by atoms with E-state index in [2.05, 4.69) is 24.1 Å². The zero-order valence-electron chi connectivity index (χ0n) is 8.92. The third kappa shape index (κ3) is 2.05. The SMILES string of the molecule is CCC1CN(C2CC2CC)CCN1. The molecule has 3 unspecified atom stereocenters. The quantitative estimate of drug-likeness (QED) is 0.711. The molecule has 13 heavy (non-hydrogen) atoms. The van der Waals surface area contributed by atoms with Gasteiger partial charge in [-0.1, -0.05) is 20.3 Å². The highest BCUT2D eigenvalue weighted by Crippen LogP contribution is 2.38. The summed E-state index contributed by atoms with van der Waals surface area (Å²) < 4.78 is 0. The van der Waals surface area contributed by atoms with Gasteiger partial charge in [-0.3, -0.25) is 4.90 Å². The molecule has 2 nitrogen and oxygen atoms in total. The van der Waals surface area contributed by atoms with Crippen LogP contribution < -0.4 is 5.32 Å². The van der Waals surface area contributed by atoms with Gasteiger partial charge in [0, 0.05) is 31.7 Å². The summed E-state index contributed by atoms with van der Waals surface area (Å²) in [4.78, 5) is 2.71. The number of piperazine rings is 1. The van der Waals surface area contributed by atoms with E-state index in [0.29, 0.717) is 0 Å². The Labute approximate surface area is 81.7 Å². The highest BCUT2D eigenvalue weighted by Gasteiger charge is 2.41. The summed E-state index contributed by atoms with van der Waals surface area (Å²) in [6, 6.07) is 1.70. The molecule has 1 saturated carbocycles. The highest BCUT2D eigenvalue weighted by molar-refractivity contribution is 4.96. The van der Waals surface area contributed by atoms with Crippen molar-refractivity contribution in [2.45, 2.75) is 45.2 Å². The highest BCUT2D eigenvalue weighted by atomic mass is 15.2. The van der Waals surface area contributed by atoms with E-state index in [1.165, 1.54) is 38.9 Å². The second-order valence-corrected chi connectivity index (χ2v) is 4.53. The normalized spacial score (nSPS) is 40.6. The summed E-state index contributed by atoms with van der Waals surface area (Å²) in [5.74, 6) is 1.02. The lowest BCUT2D eigenvalue weighted by molar-refractivity contribution is 0.180. The van der Waals surface area contributed by atoms with Crippen molar-refractivity contribution in [3.05, 3.63) is 0 Å². The van der Waals surface area contributed by atoms with Crippen molar-refractivity contribution in [1.29, 1.82) is 0 Å². The van der Waals surface area contributed by atoms with Crippen LogP contribution in [0.25, 0.3) is 0 Å². The van der Waals surface area contributed by atoms with Crippen LogP contribution in [0.1, 0.15) is 33.1 Å². The molecule has 2 fully saturated rings. The Bertz CT molecular complexity index is 169. The lowest BCUT2D eigenvalue weighted by Crippen LogP contribution is -2.51. The first-order valence-corrected chi connectivity index (χ1v) is 5.82. The van der Waals surface area contributed by atoms with Crippen LogP contribution in [0.15, 0.2) is 0 Å². The molecule has 0 aromatic carbocycles. The summed E-state index contributed by atoms with van der Waals surface area (Å²) in [5.41, 5.74) is 0. The smallest absolute Gasteiger partial charge is 0.0193 e. The number of nitrogens with zero attached hydrogens (tertiary/aromatic N) is 1. The molecule has 0 bridgehead atoms. The third-order valence-corrected chi connectivity index (χ3v) is 3.66. The minimum absolute atomic E-state index is 0.756. The summed E-state index contributed by atoms with van der Waals surface area (Å²) in [6.07, 6.45) is 4.12. The molecule has 0 spiro atoms. The molecule has 1 saturated heterocycles. The van der Waals surface area contributed by atoms with Crippen LogP contribution in [0.5, 0.6) is 0 Å². The lowest BCUT2D eigenvalue weighted by atomic mass is 10.1. The largest absolute Gasteiger partial charge is 0.311 e. The Morgan fingerprint density at radius 3 is 2.77 bits per heavy atom. The van der Waals surface area contributed by atoms with Crippen LogP contribution in [0, 0.1) is 5.92 Å². The number of nitrogens with one attached hydrogen (secondary N) is 1. The maximum atomic E-state index is 3.57. The van der Waals surface area contributed by atoms with E-state index in [1.807, 2.05) is 0 Å². The van der Waals surface area contributed by atoms with E-state index in [4.69, 9.17) is 0 Å². The number of hydrogen-bond acceptors (Lipinski definition) is 2. The fourth-order valence-electron chi connectivity index (χ4n) is 2.54. The summed E-state index contributed by atoms with van der Waals surface area (Å²) in [5, 5.41) is 3.57. The Balaban J connectivity index is 1.80. The lowest BCUT2D eigenvalue weighted by Gasteiger charge is -2.33. The topological polar surface area (TPSA) is 15.3 Å². The fraction of sp³-hybridized carbons (Fsp3) is 1.00. The summed E-state index contributed by atoms with van der Waals surface area (Å²) in [7, 11) is 0. The van der Waals surface area contributed by atoms with Crippen molar-refractivity contribution >= 4 is 0 Å². The minimum atomic E-state index is 0.756. The van der Waals surface area contributed by atoms with Gasteiger partial charge in [0.2, 0.25) is 0 Å². The van der Waals surface area contributed by atoms with Crippen LogP contribution in [-0.2, 0) is 0 Å². The van der Waals surface area contributed by atoms with Gasteiger partial charge in [-0.25, -0.2) is 0 Å². The zero-order chi connectivity index (χ0) is 9.26. The van der Waals surface area contributed by atoms with E-state index >= 15 is 0 Å². The van der Waals surface area contributed by atoms with Crippen LogP contribution in [0.4, 0.5) is 0 Å². The number of hydrogen-bond donors (Lipinski definition) is 1. The molecule has 2 heteroatoms. The number of rotatable bonds is 3. The Morgan fingerprint density at radius 2 is 2.15 bits per heavy atom. The molecule has 0 aromatic heterocycles. The average molecular weight is 182 g/mol. The standard InChI is InChI=1S/C11H22N2/c1-3-9-7-11(9)13-6-5-12-10(4-2)8-13/h9-12H,3-8H2,1-2H3. The molecule has 0 radical (unpaired) electrons. The molecule has 3 atom stereocenters. The van der Waals surface area contributed by atoms with E-state index in [0.717, 1.165) is 18.0 Å². The van der Waals surface area contributed by atoms with Gasteiger partial charge in [0.1, 0.15) is 0 Å².